The Labute approximate surface area is 200 Å². The molecule has 0 aromatic carbocycles. The molecule has 3 aliphatic rings. The molecule has 3 fully saturated rings. The molecule has 0 radical (unpaired) electrons. The highest BCUT2D eigenvalue weighted by Gasteiger charge is 2.54. The van der Waals surface area contributed by atoms with Gasteiger partial charge in [-0.05, 0) is 13.8 Å². The van der Waals surface area contributed by atoms with Gasteiger partial charge in [-0.25, -0.2) is 9.68 Å². The van der Waals surface area contributed by atoms with Crippen molar-refractivity contribution in [3.63, 3.8) is 0 Å². The Morgan fingerprint density at radius 3 is 1.83 bits per heavy atom. The van der Waals surface area contributed by atoms with Crippen molar-refractivity contribution in [3.8, 4) is 0 Å². The molecule has 15 heteroatoms. The minimum atomic E-state index is -1.96. The summed E-state index contributed by atoms with van der Waals surface area (Å²) in [5, 5.41) is 80.0. The molecule has 15 nitrogen and oxygen atoms in total. The molecule has 0 aliphatic carbocycles. The van der Waals surface area contributed by atoms with Crippen LogP contribution in [0.5, 0.6) is 0 Å². The van der Waals surface area contributed by atoms with Crippen molar-refractivity contribution in [3.05, 3.63) is 0 Å². The zero-order valence-corrected chi connectivity index (χ0v) is 19.3. The second-order valence-corrected chi connectivity index (χ2v) is 9.12. The Hall–Kier alpha value is -1.05. The van der Waals surface area contributed by atoms with Gasteiger partial charge in [-0.1, -0.05) is 6.92 Å². The molecule has 0 aromatic rings. The molecule has 3 heterocycles. The fourth-order valence-electron chi connectivity index (χ4n) is 4.69. The second-order valence-electron chi connectivity index (χ2n) is 9.12. The summed E-state index contributed by atoms with van der Waals surface area (Å²) >= 11 is 0. The number of ether oxygens (including phenoxy) is 5. The highest BCUT2D eigenvalue weighted by molar-refractivity contribution is 5.73. The number of aliphatic hydroxyl groups excluding tert-OH is 6. The Balaban J connectivity index is 1.72. The van der Waals surface area contributed by atoms with Crippen molar-refractivity contribution in [2.45, 2.75) is 107 Å². The first-order valence-electron chi connectivity index (χ1n) is 11.2. The molecule has 0 spiro atoms. The van der Waals surface area contributed by atoms with E-state index in [0.29, 0.717) is 0 Å². The van der Waals surface area contributed by atoms with E-state index in [1.54, 1.807) is 20.8 Å². The van der Waals surface area contributed by atoms with Gasteiger partial charge in [0, 0.05) is 5.92 Å². The van der Waals surface area contributed by atoms with Gasteiger partial charge in [-0.15, -0.1) is 0 Å². The number of carboxylic acids is 1. The van der Waals surface area contributed by atoms with Crippen molar-refractivity contribution in [1.82, 2.24) is 0 Å². The van der Waals surface area contributed by atoms with Gasteiger partial charge in [0.1, 0.15) is 36.6 Å². The Bertz CT molecular complexity index is 708. The van der Waals surface area contributed by atoms with Gasteiger partial charge in [0.15, 0.2) is 24.8 Å². The van der Waals surface area contributed by atoms with Gasteiger partial charge in [0.25, 0.3) is 0 Å². The van der Waals surface area contributed by atoms with Crippen LogP contribution >= 0.6 is 0 Å². The van der Waals surface area contributed by atoms with E-state index in [1.165, 1.54) is 0 Å². The van der Waals surface area contributed by atoms with Crippen molar-refractivity contribution in [2.24, 2.45) is 5.92 Å². The van der Waals surface area contributed by atoms with Crippen LogP contribution in [0.4, 0.5) is 0 Å². The van der Waals surface area contributed by atoms with Gasteiger partial charge in [-0.3, -0.25) is 5.26 Å². The first-order valence-corrected chi connectivity index (χ1v) is 11.2. The summed E-state index contributed by atoms with van der Waals surface area (Å²) in [6, 6.07) is 0. The number of rotatable bonds is 7. The summed E-state index contributed by atoms with van der Waals surface area (Å²) in [5.41, 5.74) is 0. The van der Waals surface area contributed by atoms with Crippen LogP contribution in [0.2, 0.25) is 0 Å². The van der Waals surface area contributed by atoms with Crippen LogP contribution in [0.3, 0.4) is 0 Å². The third-order valence-corrected chi connectivity index (χ3v) is 6.74. The standard InChI is InChI=1S/C20H34O15/c1-5-9(22)6(2)30-7(3)14(5)32-19-12(25)10(23)15(8(4-21)31-19)33-20-13(26)11(24)16(35-29)17(34-20)18(27)28/h5-17,19-26,29H,4H2,1-3H3,(H,27,28)/t5?,6-,7?,8?,9?,10?,11?,12?,13?,14+,15+,16-,17?,19-,20+/m0/s1. The van der Waals surface area contributed by atoms with Crippen molar-refractivity contribution in [1.29, 1.82) is 0 Å². The average molecular weight is 514 g/mol. The van der Waals surface area contributed by atoms with E-state index >= 15 is 0 Å². The Kier molecular flexibility index (Phi) is 9.42. The first kappa shape index (κ1) is 28.5. The third-order valence-electron chi connectivity index (χ3n) is 6.74. The molecule has 0 aromatic heterocycles. The molecule has 3 saturated heterocycles. The molecular weight excluding hydrogens is 480 g/mol. The largest absolute Gasteiger partial charge is 0.479 e. The lowest BCUT2D eigenvalue weighted by Crippen LogP contribution is -2.66. The summed E-state index contributed by atoms with van der Waals surface area (Å²) in [4.78, 5) is 15.3. The van der Waals surface area contributed by atoms with E-state index in [0.717, 1.165) is 0 Å². The van der Waals surface area contributed by atoms with Crippen LogP contribution < -0.4 is 0 Å². The van der Waals surface area contributed by atoms with Crippen LogP contribution in [-0.2, 0) is 33.4 Å². The Morgan fingerprint density at radius 2 is 1.29 bits per heavy atom. The van der Waals surface area contributed by atoms with E-state index < -0.39 is 104 Å². The predicted molar refractivity (Wildman–Crippen MR) is 108 cm³/mol. The van der Waals surface area contributed by atoms with Gasteiger partial charge in [-0.2, -0.15) is 0 Å². The smallest absolute Gasteiger partial charge is 0.335 e. The van der Waals surface area contributed by atoms with Crippen LogP contribution in [-0.4, -0.2) is 139 Å². The van der Waals surface area contributed by atoms with Gasteiger partial charge in [0.2, 0.25) is 0 Å². The highest BCUT2D eigenvalue weighted by atomic mass is 17.1. The Morgan fingerprint density at radius 1 is 0.743 bits per heavy atom. The number of aliphatic carboxylic acids is 1. The summed E-state index contributed by atoms with van der Waals surface area (Å²) in [5.74, 6) is -2.07. The summed E-state index contributed by atoms with van der Waals surface area (Å²) in [6.45, 7) is 4.38. The van der Waals surface area contributed by atoms with Crippen LogP contribution in [0.25, 0.3) is 0 Å². The summed E-state index contributed by atoms with van der Waals surface area (Å²) < 4.78 is 27.6. The van der Waals surface area contributed by atoms with Crippen molar-refractivity contribution >= 4 is 5.97 Å². The van der Waals surface area contributed by atoms with E-state index in [2.05, 4.69) is 4.89 Å². The highest BCUT2D eigenvalue weighted by Crippen LogP contribution is 2.34. The maximum absolute atomic E-state index is 11.4. The van der Waals surface area contributed by atoms with Crippen molar-refractivity contribution < 1.29 is 74.4 Å². The van der Waals surface area contributed by atoms with Gasteiger partial charge >= 0.3 is 5.97 Å². The molecule has 35 heavy (non-hydrogen) atoms. The molecule has 3 rings (SSSR count). The molecule has 8 N–H and O–H groups in total. The SMILES string of the molecule is CC1O[C@@H](C)C(O)C(C)[C@H]1O[C@@H]1OC(CO)[C@@H](O[C@@H]2OC(C(=O)O)[C@@H](OO)C(O)C2O)C(O)C1O. The summed E-state index contributed by atoms with van der Waals surface area (Å²) in [6.07, 6.45) is -20.0. The molecule has 0 amide bonds. The molecule has 0 bridgehead atoms. The van der Waals surface area contributed by atoms with E-state index in [1.807, 2.05) is 0 Å². The van der Waals surface area contributed by atoms with E-state index in [9.17, 15) is 40.5 Å². The lowest BCUT2D eigenvalue weighted by Gasteiger charge is -2.48. The lowest BCUT2D eigenvalue weighted by atomic mass is 9.88. The third kappa shape index (κ3) is 5.62. The van der Waals surface area contributed by atoms with Crippen LogP contribution in [0.1, 0.15) is 20.8 Å². The van der Waals surface area contributed by atoms with Crippen LogP contribution in [0, 0.1) is 5.92 Å². The number of hydrogen-bond acceptors (Lipinski definition) is 14. The fourth-order valence-corrected chi connectivity index (χ4v) is 4.69. The summed E-state index contributed by atoms with van der Waals surface area (Å²) in [7, 11) is 0. The topological polar surface area (TPSA) is 234 Å². The minimum Gasteiger partial charge on any atom is -0.479 e. The number of aliphatic hydroxyl groups is 6. The minimum absolute atomic E-state index is 0.426. The normalized spacial score (nSPS) is 51.2. The van der Waals surface area contributed by atoms with Crippen molar-refractivity contribution in [2.75, 3.05) is 6.61 Å². The quantitative estimate of drug-likeness (QED) is 0.121. The van der Waals surface area contributed by atoms with Gasteiger partial charge in [0.05, 0.1) is 31.0 Å². The molecule has 204 valence electrons. The molecular formula is C20H34O15. The molecule has 3 aliphatic heterocycles. The van der Waals surface area contributed by atoms with Crippen LogP contribution in [0.15, 0.2) is 0 Å². The van der Waals surface area contributed by atoms with E-state index in [4.69, 9.17) is 28.9 Å². The fraction of sp³-hybridized carbons (Fsp3) is 0.950. The first-order chi connectivity index (χ1) is 16.4. The zero-order chi connectivity index (χ0) is 26.2. The maximum Gasteiger partial charge on any atom is 0.335 e. The molecule has 9 unspecified atom stereocenters. The molecule has 0 saturated carbocycles. The van der Waals surface area contributed by atoms with E-state index in [-0.39, 0.29) is 0 Å². The predicted octanol–water partition coefficient (Wildman–Crippen LogP) is -3.61. The van der Waals surface area contributed by atoms with Gasteiger partial charge < -0.3 is 59.4 Å². The second kappa shape index (κ2) is 11.6. The zero-order valence-electron chi connectivity index (χ0n) is 19.3. The lowest BCUT2D eigenvalue weighted by molar-refractivity contribution is -0.390. The average Bonchev–Trinajstić information content (AvgIpc) is 2.81. The molecule has 15 atom stereocenters. The monoisotopic (exact) mass is 514 g/mol. The number of carbonyl (C=O) groups is 1. The number of carboxylic acid groups (broad SMARTS) is 1. The maximum atomic E-state index is 11.4. The number of hydrogen-bond donors (Lipinski definition) is 8.